The lowest BCUT2D eigenvalue weighted by atomic mass is 10.1. The average molecular weight is 272 g/mol. The molecule has 0 saturated carbocycles. The Labute approximate surface area is 114 Å². The molecule has 0 saturated heterocycles. The van der Waals surface area contributed by atoms with E-state index in [0.29, 0.717) is 22.8 Å². The first-order valence-electron chi connectivity index (χ1n) is 5.80. The van der Waals surface area contributed by atoms with Crippen molar-refractivity contribution in [2.45, 2.75) is 6.42 Å². The van der Waals surface area contributed by atoms with Crippen LogP contribution in [0, 0.1) is 0 Å². The predicted molar refractivity (Wildman–Crippen MR) is 72.6 cm³/mol. The zero-order chi connectivity index (χ0) is 13.2. The molecule has 0 aliphatic rings. The summed E-state index contributed by atoms with van der Waals surface area (Å²) in [7, 11) is 0. The van der Waals surface area contributed by atoms with Crippen LogP contribution in [0.25, 0.3) is 5.65 Å². The van der Waals surface area contributed by atoms with E-state index in [9.17, 15) is 4.79 Å². The third-order valence-corrected chi connectivity index (χ3v) is 3.17. The fourth-order valence-corrected chi connectivity index (χ4v) is 2.14. The van der Waals surface area contributed by atoms with E-state index in [0.717, 1.165) is 17.7 Å². The summed E-state index contributed by atoms with van der Waals surface area (Å²) in [4.78, 5) is 11.1. The Hall–Kier alpha value is -2.20. The van der Waals surface area contributed by atoms with Gasteiger partial charge in [0.15, 0.2) is 11.9 Å². The summed E-state index contributed by atoms with van der Waals surface area (Å²) in [6.07, 6.45) is 1.41. The van der Waals surface area contributed by atoms with Crippen LogP contribution in [0.15, 0.2) is 42.5 Å². The van der Waals surface area contributed by atoms with Gasteiger partial charge in [-0.05, 0) is 29.8 Å². The van der Waals surface area contributed by atoms with Crippen LogP contribution in [0.5, 0.6) is 0 Å². The quantitative estimate of drug-likeness (QED) is 0.688. The van der Waals surface area contributed by atoms with Crippen LogP contribution >= 0.6 is 11.6 Å². The second-order valence-corrected chi connectivity index (χ2v) is 4.62. The zero-order valence-electron chi connectivity index (χ0n) is 9.95. The van der Waals surface area contributed by atoms with Gasteiger partial charge in [-0.3, -0.25) is 9.20 Å². The number of carbonyl (C=O) groups is 1. The van der Waals surface area contributed by atoms with Gasteiger partial charge in [-0.25, -0.2) is 0 Å². The number of carbonyl (C=O) groups excluding carboxylic acids is 1. The van der Waals surface area contributed by atoms with E-state index in [-0.39, 0.29) is 0 Å². The fourth-order valence-electron chi connectivity index (χ4n) is 2.02. The molecule has 3 rings (SSSR count). The van der Waals surface area contributed by atoms with Crippen molar-refractivity contribution in [2.75, 3.05) is 0 Å². The van der Waals surface area contributed by atoms with Crippen molar-refractivity contribution in [3.63, 3.8) is 0 Å². The molecular formula is C14H10ClN3O. The van der Waals surface area contributed by atoms with Gasteiger partial charge in [0.2, 0.25) is 0 Å². The molecule has 2 heterocycles. The number of rotatable bonds is 3. The molecule has 1 aromatic carbocycles. The summed E-state index contributed by atoms with van der Waals surface area (Å²) in [5, 5.41) is 8.91. The molecule has 3 aromatic rings. The van der Waals surface area contributed by atoms with Crippen molar-refractivity contribution in [2.24, 2.45) is 0 Å². The molecule has 0 N–H and O–H groups in total. The summed E-state index contributed by atoms with van der Waals surface area (Å²) in [5.74, 6) is 0.736. The first-order chi connectivity index (χ1) is 9.28. The monoisotopic (exact) mass is 271 g/mol. The molecule has 0 bridgehead atoms. The minimum Gasteiger partial charge on any atom is -0.296 e. The second-order valence-electron chi connectivity index (χ2n) is 4.18. The minimum atomic E-state index is 0.548. The summed E-state index contributed by atoms with van der Waals surface area (Å²) in [6.45, 7) is 0. The van der Waals surface area contributed by atoms with Crippen LogP contribution in [0.3, 0.4) is 0 Å². The third-order valence-electron chi connectivity index (χ3n) is 2.92. The third kappa shape index (κ3) is 2.22. The number of fused-ring (bicyclic) bond motifs is 1. The SMILES string of the molecule is O=Cc1cccc2nnc(Cc3ccc(Cl)cc3)n12. The number of nitrogens with zero attached hydrogens (tertiary/aromatic N) is 3. The second kappa shape index (κ2) is 4.82. The fraction of sp³-hybridized carbons (Fsp3) is 0.0714. The summed E-state index contributed by atoms with van der Waals surface area (Å²) in [5.41, 5.74) is 2.29. The Kier molecular flexibility index (Phi) is 3.01. The van der Waals surface area contributed by atoms with E-state index in [2.05, 4.69) is 10.2 Å². The first kappa shape index (κ1) is 11.9. The molecule has 0 fully saturated rings. The summed E-state index contributed by atoms with van der Waals surface area (Å²) >= 11 is 5.86. The average Bonchev–Trinajstić information content (AvgIpc) is 2.85. The number of benzene rings is 1. The molecule has 0 unspecified atom stereocenters. The van der Waals surface area contributed by atoms with Gasteiger partial charge in [-0.1, -0.05) is 29.8 Å². The molecule has 4 nitrogen and oxygen atoms in total. The lowest BCUT2D eigenvalue weighted by molar-refractivity contribution is 0.111. The zero-order valence-corrected chi connectivity index (χ0v) is 10.7. The highest BCUT2D eigenvalue weighted by atomic mass is 35.5. The molecule has 5 heteroatoms. The molecule has 0 amide bonds. The molecule has 0 radical (unpaired) electrons. The van der Waals surface area contributed by atoms with Crippen molar-refractivity contribution in [3.05, 3.63) is 64.6 Å². The Bertz CT molecular complexity index is 734. The maximum Gasteiger partial charge on any atom is 0.166 e. The predicted octanol–water partition coefficient (Wildman–Crippen LogP) is 2.79. The van der Waals surface area contributed by atoms with Crippen LogP contribution in [0.4, 0.5) is 0 Å². The van der Waals surface area contributed by atoms with Gasteiger partial charge in [0.25, 0.3) is 0 Å². The van der Waals surface area contributed by atoms with Gasteiger partial charge in [0.1, 0.15) is 5.82 Å². The number of pyridine rings is 1. The summed E-state index contributed by atoms with van der Waals surface area (Å²) in [6, 6.07) is 12.9. The highest BCUT2D eigenvalue weighted by Gasteiger charge is 2.09. The highest BCUT2D eigenvalue weighted by Crippen LogP contribution is 2.14. The number of hydrogen-bond donors (Lipinski definition) is 0. The Morgan fingerprint density at radius 3 is 2.63 bits per heavy atom. The molecule has 0 aliphatic heterocycles. The molecule has 2 aromatic heterocycles. The van der Waals surface area contributed by atoms with Crippen molar-refractivity contribution < 1.29 is 4.79 Å². The van der Waals surface area contributed by atoms with E-state index < -0.39 is 0 Å². The van der Waals surface area contributed by atoms with Crippen LogP contribution in [-0.4, -0.2) is 20.9 Å². The normalized spacial score (nSPS) is 10.8. The summed E-state index contributed by atoms with van der Waals surface area (Å²) < 4.78 is 1.77. The van der Waals surface area contributed by atoms with Gasteiger partial charge < -0.3 is 0 Å². The number of aldehydes is 1. The molecule has 94 valence electrons. The topological polar surface area (TPSA) is 47.3 Å². The maximum absolute atomic E-state index is 11.1. The molecule has 19 heavy (non-hydrogen) atoms. The molecular weight excluding hydrogens is 262 g/mol. The smallest absolute Gasteiger partial charge is 0.166 e. The standard InChI is InChI=1S/C14H10ClN3O/c15-11-6-4-10(5-7-11)8-14-17-16-13-3-1-2-12(9-19)18(13)14/h1-7,9H,8H2. The van der Waals surface area contributed by atoms with E-state index in [4.69, 9.17) is 11.6 Å². The van der Waals surface area contributed by atoms with E-state index >= 15 is 0 Å². The van der Waals surface area contributed by atoms with Gasteiger partial charge in [0.05, 0.1) is 5.69 Å². The minimum absolute atomic E-state index is 0.548. The number of hydrogen-bond acceptors (Lipinski definition) is 3. The Morgan fingerprint density at radius 1 is 1.11 bits per heavy atom. The Balaban J connectivity index is 2.05. The molecule has 0 aliphatic carbocycles. The van der Waals surface area contributed by atoms with Crippen LogP contribution in [-0.2, 0) is 6.42 Å². The highest BCUT2D eigenvalue weighted by molar-refractivity contribution is 6.30. The van der Waals surface area contributed by atoms with Gasteiger partial charge in [0, 0.05) is 11.4 Å². The Morgan fingerprint density at radius 2 is 1.89 bits per heavy atom. The van der Waals surface area contributed by atoms with Crippen molar-refractivity contribution in [3.8, 4) is 0 Å². The van der Waals surface area contributed by atoms with Crippen molar-refractivity contribution in [1.82, 2.24) is 14.6 Å². The van der Waals surface area contributed by atoms with Gasteiger partial charge in [-0.15, -0.1) is 10.2 Å². The van der Waals surface area contributed by atoms with Crippen molar-refractivity contribution in [1.29, 1.82) is 0 Å². The van der Waals surface area contributed by atoms with Crippen LogP contribution in [0.1, 0.15) is 21.9 Å². The maximum atomic E-state index is 11.1. The lowest BCUT2D eigenvalue weighted by Crippen LogP contribution is -2.01. The van der Waals surface area contributed by atoms with Crippen LogP contribution < -0.4 is 0 Å². The van der Waals surface area contributed by atoms with E-state index in [1.807, 2.05) is 30.3 Å². The van der Waals surface area contributed by atoms with Crippen molar-refractivity contribution >= 4 is 23.5 Å². The largest absolute Gasteiger partial charge is 0.296 e. The molecule has 0 atom stereocenters. The van der Waals surface area contributed by atoms with Gasteiger partial charge >= 0.3 is 0 Å². The van der Waals surface area contributed by atoms with Crippen LogP contribution in [0.2, 0.25) is 5.02 Å². The van der Waals surface area contributed by atoms with E-state index in [1.54, 1.807) is 16.5 Å². The lowest BCUT2D eigenvalue weighted by Gasteiger charge is -2.03. The van der Waals surface area contributed by atoms with E-state index in [1.165, 1.54) is 0 Å². The first-order valence-corrected chi connectivity index (χ1v) is 6.18. The number of aromatic nitrogens is 3. The number of halogens is 1. The van der Waals surface area contributed by atoms with Gasteiger partial charge in [-0.2, -0.15) is 0 Å². The molecule has 0 spiro atoms.